The summed E-state index contributed by atoms with van der Waals surface area (Å²) in [7, 11) is 0. The first-order chi connectivity index (χ1) is 16.9. The molecule has 1 saturated heterocycles. The van der Waals surface area contributed by atoms with Crippen molar-refractivity contribution in [2.75, 3.05) is 42.2 Å². The Labute approximate surface area is 215 Å². The van der Waals surface area contributed by atoms with Gasteiger partial charge in [-0.05, 0) is 41.5 Å². The van der Waals surface area contributed by atoms with Crippen molar-refractivity contribution in [1.29, 1.82) is 5.26 Å². The fourth-order valence-electron chi connectivity index (χ4n) is 4.06. The molecule has 0 aliphatic carbocycles. The Morgan fingerprint density at radius 3 is 2.60 bits per heavy atom. The maximum atomic E-state index is 9.87. The fourth-order valence-corrected chi connectivity index (χ4v) is 4.68. The van der Waals surface area contributed by atoms with Gasteiger partial charge in [0.1, 0.15) is 18.4 Å². The van der Waals surface area contributed by atoms with Gasteiger partial charge in [-0.2, -0.15) is 5.26 Å². The molecule has 1 fully saturated rings. The van der Waals surface area contributed by atoms with Gasteiger partial charge >= 0.3 is 0 Å². The molecule has 1 aromatic heterocycles. The van der Waals surface area contributed by atoms with Gasteiger partial charge in [-0.25, -0.2) is 9.97 Å². The molecule has 1 aliphatic heterocycles. The summed E-state index contributed by atoms with van der Waals surface area (Å²) in [4.78, 5) is 10.7. The molecule has 2 aromatic carbocycles. The van der Waals surface area contributed by atoms with Crippen LogP contribution in [-0.4, -0.2) is 42.5 Å². The van der Waals surface area contributed by atoms with Gasteiger partial charge in [-0.15, -0.1) is 0 Å². The molecule has 7 nitrogen and oxygen atoms in total. The summed E-state index contributed by atoms with van der Waals surface area (Å²) in [5, 5.41) is 10.5. The number of rotatable bonds is 8. The van der Waals surface area contributed by atoms with Crippen LogP contribution < -0.4 is 14.4 Å². The minimum absolute atomic E-state index is 0.346. The van der Waals surface area contributed by atoms with Crippen LogP contribution >= 0.6 is 23.5 Å². The smallest absolute Gasteiger partial charge is 0.233 e. The van der Waals surface area contributed by atoms with E-state index in [9.17, 15) is 5.26 Å². The first kappa shape index (κ1) is 25.1. The van der Waals surface area contributed by atoms with Gasteiger partial charge in [0.15, 0.2) is 0 Å². The van der Waals surface area contributed by atoms with Crippen LogP contribution in [-0.2, 0) is 16.8 Å². The van der Waals surface area contributed by atoms with Crippen molar-refractivity contribution in [1.82, 2.24) is 9.97 Å². The molecular weight excluding hydrogens is 482 g/mol. The van der Waals surface area contributed by atoms with Crippen LogP contribution in [0, 0.1) is 11.3 Å². The van der Waals surface area contributed by atoms with E-state index in [0.717, 1.165) is 41.3 Å². The van der Waals surface area contributed by atoms with Crippen molar-refractivity contribution in [3.63, 3.8) is 0 Å². The van der Waals surface area contributed by atoms with E-state index in [1.54, 1.807) is 6.20 Å². The summed E-state index contributed by atoms with van der Waals surface area (Å²) in [6.07, 6.45) is 3.63. The molecule has 0 bridgehead atoms. The average Bonchev–Trinajstić information content (AvgIpc) is 2.88. The molecule has 0 radical (unpaired) electrons. The van der Waals surface area contributed by atoms with E-state index < -0.39 is 0 Å². The van der Waals surface area contributed by atoms with Crippen molar-refractivity contribution in [3.05, 3.63) is 76.1 Å². The Morgan fingerprint density at radius 2 is 1.91 bits per heavy atom. The molecule has 35 heavy (non-hydrogen) atoms. The van der Waals surface area contributed by atoms with Gasteiger partial charge in [0, 0.05) is 31.0 Å². The number of ether oxygens (including phenoxy) is 2. The van der Waals surface area contributed by atoms with E-state index >= 15 is 0 Å². The highest BCUT2D eigenvalue weighted by atomic mass is 35.5. The molecule has 2 heterocycles. The molecule has 0 amide bonds. The van der Waals surface area contributed by atoms with Crippen LogP contribution in [0.15, 0.2) is 48.7 Å². The van der Waals surface area contributed by atoms with Crippen molar-refractivity contribution in [3.8, 4) is 11.8 Å². The highest BCUT2D eigenvalue weighted by Crippen LogP contribution is 2.39. The Morgan fingerprint density at radius 1 is 1.17 bits per heavy atom. The second-order valence-electron chi connectivity index (χ2n) is 8.68. The molecule has 9 heteroatoms. The highest BCUT2D eigenvalue weighted by Gasteiger charge is 2.27. The lowest BCUT2D eigenvalue weighted by atomic mass is 9.77. The monoisotopic (exact) mass is 509 g/mol. The molecule has 182 valence electrons. The third-order valence-electron chi connectivity index (χ3n) is 6.10. The second kappa shape index (κ2) is 11.2. The first-order valence-corrected chi connectivity index (χ1v) is 12.9. The fraction of sp³-hybridized carbons (Fsp3) is 0.346. The van der Waals surface area contributed by atoms with E-state index in [0.29, 0.717) is 36.4 Å². The van der Waals surface area contributed by atoms with E-state index in [-0.39, 0.29) is 5.41 Å². The lowest BCUT2D eigenvalue weighted by Crippen LogP contribution is -2.37. The SMILES string of the molecule is CSNc1nccc(COc2ccc(C(C)(C)c3cc(Cl)c(N4CCOCC4)c(C#N)c3)cc2)n1. The van der Waals surface area contributed by atoms with Gasteiger partial charge in [0.25, 0.3) is 0 Å². The number of halogens is 1. The van der Waals surface area contributed by atoms with Crippen LogP contribution in [0.1, 0.15) is 36.2 Å². The number of anilines is 2. The Balaban J connectivity index is 1.51. The molecule has 0 spiro atoms. The van der Waals surface area contributed by atoms with Gasteiger partial charge in [0.2, 0.25) is 5.95 Å². The maximum Gasteiger partial charge on any atom is 0.233 e. The Hall–Kier alpha value is -2.99. The summed E-state index contributed by atoms with van der Waals surface area (Å²) >= 11 is 8.17. The summed E-state index contributed by atoms with van der Waals surface area (Å²) in [6, 6.07) is 16.1. The number of morpholine rings is 1. The van der Waals surface area contributed by atoms with E-state index in [2.05, 4.69) is 39.5 Å². The van der Waals surface area contributed by atoms with Gasteiger partial charge < -0.3 is 14.4 Å². The summed E-state index contributed by atoms with van der Waals surface area (Å²) < 4.78 is 14.4. The van der Waals surface area contributed by atoms with E-state index in [1.165, 1.54) is 11.9 Å². The number of nitriles is 1. The molecule has 0 atom stereocenters. The molecule has 1 aliphatic rings. The molecule has 0 unspecified atom stereocenters. The number of nitrogens with one attached hydrogen (secondary N) is 1. The van der Waals surface area contributed by atoms with Crippen LogP contribution in [0.25, 0.3) is 0 Å². The minimum Gasteiger partial charge on any atom is -0.487 e. The quantitative estimate of drug-likeness (QED) is 0.402. The molecule has 4 rings (SSSR count). The lowest BCUT2D eigenvalue weighted by Gasteiger charge is -2.32. The normalized spacial score (nSPS) is 13.9. The third kappa shape index (κ3) is 5.81. The van der Waals surface area contributed by atoms with Crippen molar-refractivity contribution in [2.24, 2.45) is 0 Å². The standard InChI is InChI=1S/C26H28ClN5O2S/c1-26(2,20-14-18(16-28)24(23(27)15-20)32-10-12-33-13-11-32)19-4-6-22(7-5-19)34-17-21-8-9-29-25(30-21)31-35-3/h4-9,14-15H,10-13,17H2,1-3H3,(H,29,30,31). The predicted octanol–water partition coefficient (Wildman–Crippen LogP) is 5.43. The summed E-state index contributed by atoms with van der Waals surface area (Å²) in [5.41, 5.74) is 3.89. The number of hydrogen-bond donors (Lipinski definition) is 1. The van der Waals surface area contributed by atoms with Crippen LogP contribution in [0.3, 0.4) is 0 Å². The molecule has 0 saturated carbocycles. The molecular formula is C26H28ClN5O2S. The topological polar surface area (TPSA) is 83.3 Å². The largest absolute Gasteiger partial charge is 0.487 e. The minimum atomic E-state index is -0.359. The van der Waals surface area contributed by atoms with Gasteiger partial charge in [-0.1, -0.05) is 49.5 Å². The van der Waals surface area contributed by atoms with E-state index in [1.807, 2.05) is 48.7 Å². The third-order valence-corrected chi connectivity index (χ3v) is 6.78. The van der Waals surface area contributed by atoms with Crippen LogP contribution in [0.4, 0.5) is 11.6 Å². The zero-order valence-electron chi connectivity index (χ0n) is 20.0. The number of nitrogens with zero attached hydrogens (tertiary/aromatic N) is 4. The first-order valence-electron chi connectivity index (χ1n) is 11.3. The molecule has 3 aromatic rings. The Bertz CT molecular complexity index is 1210. The highest BCUT2D eigenvalue weighted by molar-refractivity contribution is 7.99. The Kier molecular flexibility index (Phi) is 8.01. The van der Waals surface area contributed by atoms with Crippen molar-refractivity contribution < 1.29 is 9.47 Å². The van der Waals surface area contributed by atoms with Crippen LogP contribution in [0.2, 0.25) is 5.02 Å². The lowest BCUT2D eigenvalue weighted by molar-refractivity contribution is 0.122. The maximum absolute atomic E-state index is 9.87. The number of hydrogen-bond acceptors (Lipinski definition) is 8. The van der Waals surface area contributed by atoms with Crippen molar-refractivity contribution in [2.45, 2.75) is 25.9 Å². The number of aromatic nitrogens is 2. The second-order valence-corrected chi connectivity index (χ2v) is 9.70. The van der Waals surface area contributed by atoms with Gasteiger partial charge in [-0.3, -0.25) is 4.72 Å². The zero-order valence-corrected chi connectivity index (χ0v) is 21.6. The summed E-state index contributed by atoms with van der Waals surface area (Å²) in [6.45, 7) is 7.33. The molecule has 1 N–H and O–H groups in total. The van der Waals surface area contributed by atoms with Crippen LogP contribution in [0.5, 0.6) is 5.75 Å². The zero-order chi connectivity index (χ0) is 24.8. The number of benzene rings is 2. The summed E-state index contributed by atoms with van der Waals surface area (Å²) in [5.74, 6) is 1.31. The van der Waals surface area contributed by atoms with E-state index in [4.69, 9.17) is 21.1 Å². The van der Waals surface area contributed by atoms with Crippen molar-refractivity contribution >= 4 is 35.2 Å². The average molecular weight is 510 g/mol. The predicted molar refractivity (Wildman–Crippen MR) is 141 cm³/mol. The van der Waals surface area contributed by atoms with Gasteiger partial charge in [0.05, 0.1) is 35.2 Å².